The molecule has 1 aromatic carbocycles. The Morgan fingerprint density at radius 1 is 1.38 bits per heavy atom. The van der Waals surface area contributed by atoms with Crippen molar-refractivity contribution < 1.29 is 13.9 Å². The molecular formula is C12H18FNO2. The van der Waals surface area contributed by atoms with Gasteiger partial charge in [-0.05, 0) is 24.6 Å². The third kappa shape index (κ3) is 3.70. The summed E-state index contributed by atoms with van der Waals surface area (Å²) in [6.45, 7) is 0.573. The second-order valence-corrected chi connectivity index (χ2v) is 3.40. The topological polar surface area (TPSA) is 44.5 Å². The van der Waals surface area contributed by atoms with Gasteiger partial charge in [-0.1, -0.05) is 6.07 Å². The van der Waals surface area contributed by atoms with Crippen LogP contribution >= 0.6 is 0 Å². The average molecular weight is 227 g/mol. The number of hydrogen-bond acceptors (Lipinski definition) is 3. The first kappa shape index (κ1) is 12.8. The monoisotopic (exact) mass is 227 g/mol. The zero-order valence-electron chi connectivity index (χ0n) is 9.54. The number of nitrogens with two attached hydrogens (primary N) is 1. The van der Waals surface area contributed by atoms with Gasteiger partial charge in [0.1, 0.15) is 11.5 Å². The van der Waals surface area contributed by atoms with E-state index >= 15 is 0 Å². The molecule has 0 unspecified atom stereocenters. The smallest absolute Gasteiger partial charge is 0.126 e. The van der Waals surface area contributed by atoms with Gasteiger partial charge >= 0.3 is 0 Å². The van der Waals surface area contributed by atoms with E-state index in [1.165, 1.54) is 0 Å². The van der Waals surface area contributed by atoms with Gasteiger partial charge in [0.05, 0.1) is 20.4 Å². The standard InChI is InChI=1S/C12H18FNO2/c1-15-11-4-3-10(5-7-14)12(9-11)16-8-2-6-13/h3-4,9H,2,5-8,14H2,1H3. The molecule has 3 nitrogen and oxygen atoms in total. The largest absolute Gasteiger partial charge is 0.497 e. The van der Waals surface area contributed by atoms with Crippen LogP contribution in [0.25, 0.3) is 0 Å². The number of methoxy groups -OCH3 is 1. The molecular weight excluding hydrogens is 209 g/mol. The van der Waals surface area contributed by atoms with E-state index in [4.69, 9.17) is 15.2 Å². The molecule has 0 spiro atoms. The minimum absolute atomic E-state index is 0.365. The minimum Gasteiger partial charge on any atom is -0.497 e. The van der Waals surface area contributed by atoms with Crippen molar-refractivity contribution in [3.05, 3.63) is 23.8 Å². The summed E-state index contributed by atoms with van der Waals surface area (Å²) in [5, 5.41) is 0. The lowest BCUT2D eigenvalue weighted by Gasteiger charge is -2.12. The fourth-order valence-electron chi connectivity index (χ4n) is 1.39. The molecule has 0 saturated carbocycles. The van der Waals surface area contributed by atoms with Crippen LogP contribution in [0, 0.1) is 0 Å². The maximum Gasteiger partial charge on any atom is 0.126 e. The maximum atomic E-state index is 12.0. The molecule has 16 heavy (non-hydrogen) atoms. The lowest BCUT2D eigenvalue weighted by atomic mass is 10.1. The SMILES string of the molecule is COc1ccc(CCN)c(OCCCF)c1. The third-order valence-electron chi connectivity index (χ3n) is 2.22. The predicted octanol–water partition coefficient (Wildman–Crippen LogP) is 1.93. The van der Waals surface area contributed by atoms with E-state index in [0.717, 1.165) is 23.5 Å². The quantitative estimate of drug-likeness (QED) is 0.724. The van der Waals surface area contributed by atoms with Crippen molar-refractivity contribution in [3.63, 3.8) is 0 Å². The van der Waals surface area contributed by atoms with Crippen LogP contribution in [-0.2, 0) is 6.42 Å². The van der Waals surface area contributed by atoms with E-state index in [-0.39, 0.29) is 6.67 Å². The van der Waals surface area contributed by atoms with Crippen molar-refractivity contribution in [1.82, 2.24) is 0 Å². The summed E-state index contributed by atoms with van der Waals surface area (Å²) in [5.41, 5.74) is 6.54. The second kappa shape index (κ2) is 7.06. The van der Waals surface area contributed by atoms with Crippen LogP contribution in [0.3, 0.4) is 0 Å². The summed E-state index contributed by atoms with van der Waals surface area (Å²) in [4.78, 5) is 0. The van der Waals surface area contributed by atoms with Crippen LogP contribution in [-0.4, -0.2) is 26.9 Å². The molecule has 0 aliphatic rings. The number of halogens is 1. The van der Waals surface area contributed by atoms with Gasteiger partial charge in [0, 0.05) is 12.5 Å². The molecule has 0 aliphatic heterocycles. The lowest BCUT2D eigenvalue weighted by Crippen LogP contribution is -2.06. The van der Waals surface area contributed by atoms with E-state index in [9.17, 15) is 4.39 Å². The second-order valence-electron chi connectivity index (χ2n) is 3.40. The van der Waals surface area contributed by atoms with Crippen molar-refractivity contribution in [2.24, 2.45) is 5.73 Å². The first-order chi connectivity index (χ1) is 7.81. The van der Waals surface area contributed by atoms with Gasteiger partial charge < -0.3 is 15.2 Å². The highest BCUT2D eigenvalue weighted by atomic mass is 19.1. The van der Waals surface area contributed by atoms with Crippen molar-refractivity contribution in [2.75, 3.05) is 26.9 Å². The fraction of sp³-hybridized carbons (Fsp3) is 0.500. The molecule has 0 saturated heterocycles. The molecule has 0 fully saturated rings. The van der Waals surface area contributed by atoms with E-state index in [2.05, 4.69) is 0 Å². The highest BCUT2D eigenvalue weighted by Gasteiger charge is 2.05. The zero-order valence-corrected chi connectivity index (χ0v) is 9.54. The summed E-state index contributed by atoms with van der Waals surface area (Å²) in [5.74, 6) is 1.47. The predicted molar refractivity (Wildman–Crippen MR) is 61.8 cm³/mol. The van der Waals surface area contributed by atoms with E-state index in [1.54, 1.807) is 7.11 Å². The molecule has 0 amide bonds. The minimum atomic E-state index is -0.365. The number of rotatable bonds is 7. The van der Waals surface area contributed by atoms with Crippen LogP contribution in [0.5, 0.6) is 11.5 Å². The van der Waals surface area contributed by atoms with Gasteiger partial charge in [-0.25, -0.2) is 0 Å². The van der Waals surface area contributed by atoms with Crippen LogP contribution in [0.2, 0.25) is 0 Å². The van der Waals surface area contributed by atoms with Gasteiger partial charge in [0.25, 0.3) is 0 Å². The van der Waals surface area contributed by atoms with Gasteiger partial charge in [-0.2, -0.15) is 0 Å². The summed E-state index contributed by atoms with van der Waals surface area (Å²) in [6.07, 6.45) is 1.15. The van der Waals surface area contributed by atoms with Crippen molar-refractivity contribution in [3.8, 4) is 11.5 Å². The molecule has 0 radical (unpaired) electrons. The van der Waals surface area contributed by atoms with Crippen molar-refractivity contribution in [2.45, 2.75) is 12.8 Å². The Kier molecular flexibility index (Phi) is 5.64. The normalized spacial score (nSPS) is 10.2. The first-order valence-corrected chi connectivity index (χ1v) is 5.37. The number of alkyl halides is 1. The summed E-state index contributed by atoms with van der Waals surface area (Å²) < 4.78 is 22.6. The Bertz CT molecular complexity index is 318. The molecule has 90 valence electrons. The highest BCUT2D eigenvalue weighted by molar-refractivity contribution is 5.40. The molecule has 0 atom stereocenters. The summed E-state index contributed by atoms with van der Waals surface area (Å²) in [6, 6.07) is 5.60. The zero-order chi connectivity index (χ0) is 11.8. The Hall–Kier alpha value is -1.29. The molecule has 0 aliphatic carbocycles. The van der Waals surface area contributed by atoms with Gasteiger partial charge in [0.15, 0.2) is 0 Å². The van der Waals surface area contributed by atoms with Gasteiger partial charge in [0.2, 0.25) is 0 Å². The lowest BCUT2D eigenvalue weighted by molar-refractivity contribution is 0.285. The third-order valence-corrected chi connectivity index (χ3v) is 2.22. The Balaban J connectivity index is 2.74. The van der Waals surface area contributed by atoms with E-state index in [0.29, 0.717) is 19.6 Å². The van der Waals surface area contributed by atoms with E-state index in [1.807, 2.05) is 18.2 Å². The Labute approximate surface area is 95.4 Å². The van der Waals surface area contributed by atoms with Crippen LogP contribution in [0.15, 0.2) is 18.2 Å². The van der Waals surface area contributed by atoms with Gasteiger partial charge in [-0.3, -0.25) is 4.39 Å². The molecule has 0 aromatic heterocycles. The van der Waals surface area contributed by atoms with E-state index < -0.39 is 0 Å². The molecule has 4 heteroatoms. The number of benzene rings is 1. The van der Waals surface area contributed by atoms with Crippen molar-refractivity contribution in [1.29, 1.82) is 0 Å². The maximum absolute atomic E-state index is 12.0. The van der Waals surface area contributed by atoms with Crippen LogP contribution < -0.4 is 15.2 Å². The number of ether oxygens (including phenoxy) is 2. The Morgan fingerprint density at radius 3 is 2.81 bits per heavy atom. The number of hydrogen-bond donors (Lipinski definition) is 1. The fourth-order valence-corrected chi connectivity index (χ4v) is 1.39. The van der Waals surface area contributed by atoms with Crippen LogP contribution in [0.1, 0.15) is 12.0 Å². The van der Waals surface area contributed by atoms with Gasteiger partial charge in [-0.15, -0.1) is 0 Å². The first-order valence-electron chi connectivity index (χ1n) is 5.37. The molecule has 1 rings (SSSR count). The Morgan fingerprint density at radius 2 is 2.19 bits per heavy atom. The molecule has 2 N–H and O–H groups in total. The van der Waals surface area contributed by atoms with Crippen molar-refractivity contribution >= 4 is 0 Å². The summed E-state index contributed by atoms with van der Waals surface area (Å²) >= 11 is 0. The molecule has 1 aromatic rings. The molecule has 0 bridgehead atoms. The average Bonchev–Trinajstić information content (AvgIpc) is 2.31. The highest BCUT2D eigenvalue weighted by Crippen LogP contribution is 2.25. The molecule has 0 heterocycles. The summed E-state index contributed by atoms with van der Waals surface area (Å²) in [7, 11) is 1.60. The van der Waals surface area contributed by atoms with Crippen LogP contribution in [0.4, 0.5) is 4.39 Å².